The van der Waals surface area contributed by atoms with Crippen LogP contribution in [-0.4, -0.2) is 39.1 Å². The highest BCUT2D eigenvalue weighted by Crippen LogP contribution is 1.72. The quantitative estimate of drug-likeness (QED) is 0.443. The van der Waals surface area contributed by atoms with Gasteiger partial charge in [0.15, 0.2) is 6.29 Å². The van der Waals surface area contributed by atoms with Crippen LogP contribution >= 0.6 is 0 Å². The standard InChI is InChI=1S/C6H11NO2/c8-4-1-7-2-5-9-6-3-7/h4H,1-3,5-6H2/p+1. The van der Waals surface area contributed by atoms with Gasteiger partial charge in [0.05, 0.1) is 13.2 Å². The summed E-state index contributed by atoms with van der Waals surface area (Å²) in [7, 11) is 0. The van der Waals surface area contributed by atoms with Gasteiger partial charge in [0, 0.05) is 0 Å². The maximum atomic E-state index is 10.0. The Bertz CT molecular complexity index is 89.1. The van der Waals surface area contributed by atoms with Crippen LogP contribution in [0, 0.1) is 0 Å². The van der Waals surface area contributed by atoms with Crippen molar-refractivity contribution >= 4 is 6.29 Å². The fraction of sp³-hybridized carbons (Fsp3) is 0.833. The lowest BCUT2D eigenvalue weighted by Crippen LogP contribution is -3.14. The topological polar surface area (TPSA) is 30.7 Å². The summed E-state index contributed by atoms with van der Waals surface area (Å²) >= 11 is 0. The number of carbonyl (C=O) groups is 1. The molecule has 0 aromatic carbocycles. The van der Waals surface area contributed by atoms with Gasteiger partial charge in [0.25, 0.3) is 0 Å². The number of morpholine rings is 1. The van der Waals surface area contributed by atoms with E-state index in [1.807, 2.05) is 0 Å². The fourth-order valence-electron chi connectivity index (χ4n) is 0.982. The van der Waals surface area contributed by atoms with E-state index in [-0.39, 0.29) is 0 Å². The van der Waals surface area contributed by atoms with E-state index < -0.39 is 0 Å². The number of ether oxygens (including phenoxy) is 1. The summed E-state index contributed by atoms with van der Waals surface area (Å²) in [5.41, 5.74) is 0. The molecule has 1 fully saturated rings. The van der Waals surface area contributed by atoms with E-state index in [0.29, 0.717) is 6.54 Å². The van der Waals surface area contributed by atoms with Gasteiger partial charge in [0.1, 0.15) is 19.6 Å². The molecule has 3 heteroatoms. The van der Waals surface area contributed by atoms with Crippen molar-refractivity contribution in [2.45, 2.75) is 0 Å². The summed E-state index contributed by atoms with van der Waals surface area (Å²) in [5.74, 6) is 0. The number of carbonyl (C=O) groups excluding carboxylic acids is 1. The Balaban J connectivity index is 2.15. The van der Waals surface area contributed by atoms with E-state index >= 15 is 0 Å². The van der Waals surface area contributed by atoms with Crippen molar-refractivity contribution in [3.63, 3.8) is 0 Å². The van der Waals surface area contributed by atoms with E-state index in [1.54, 1.807) is 0 Å². The smallest absolute Gasteiger partial charge is 0.174 e. The van der Waals surface area contributed by atoms with Crippen LogP contribution in [0.15, 0.2) is 0 Å². The number of quaternary nitrogens is 1. The van der Waals surface area contributed by atoms with Gasteiger partial charge in [-0.15, -0.1) is 0 Å². The predicted molar refractivity (Wildman–Crippen MR) is 32.4 cm³/mol. The number of nitrogens with one attached hydrogen (secondary N) is 1. The van der Waals surface area contributed by atoms with Crippen molar-refractivity contribution in [1.29, 1.82) is 0 Å². The first-order valence-corrected chi connectivity index (χ1v) is 3.28. The average Bonchev–Trinajstić information content (AvgIpc) is 1.91. The number of hydrogen-bond acceptors (Lipinski definition) is 2. The Morgan fingerprint density at radius 3 is 2.67 bits per heavy atom. The van der Waals surface area contributed by atoms with Gasteiger partial charge in [-0.05, 0) is 0 Å². The molecule has 1 N–H and O–H groups in total. The van der Waals surface area contributed by atoms with E-state index in [1.165, 1.54) is 4.90 Å². The lowest BCUT2D eigenvalue weighted by atomic mass is 10.4. The highest BCUT2D eigenvalue weighted by atomic mass is 16.5. The second-order valence-electron chi connectivity index (χ2n) is 2.23. The molecule has 0 saturated carbocycles. The molecule has 0 unspecified atom stereocenters. The first-order valence-electron chi connectivity index (χ1n) is 3.28. The van der Waals surface area contributed by atoms with Crippen LogP contribution < -0.4 is 4.90 Å². The van der Waals surface area contributed by atoms with Crippen LogP contribution in [0.5, 0.6) is 0 Å². The third-order valence-electron chi connectivity index (χ3n) is 1.57. The van der Waals surface area contributed by atoms with Crippen LogP contribution in [0.25, 0.3) is 0 Å². The van der Waals surface area contributed by atoms with Crippen molar-refractivity contribution < 1.29 is 14.4 Å². The molecule has 0 aliphatic carbocycles. The normalized spacial score (nSPS) is 21.8. The van der Waals surface area contributed by atoms with Crippen molar-refractivity contribution in [1.82, 2.24) is 0 Å². The monoisotopic (exact) mass is 130 g/mol. The van der Waals surface area contributed by atoms with Gasteiger partial charge < -0.3 is 9.64 Å². The van der Waals surface area contributed by atoms with Crippen molar-refractivity contribution in [3.05, 3.63) is 0 Å². The van der Waals surface area contributed by atoms with Crippen LogP contribution in [-0.2, 0) is 9.53 Å². The Kier molecular flexibility index (Phi) is 2.67. The minimum Gasteiger partial charge on any atom is -0.370 e. The Labute approximate surface area is 54.6 Å². The van der Waals surface area contributed by atoms with Crippen LogP contribution in [0.1, 0.15) is 0 Å². The van der Waals surface area contributed by atoms with E-state index in [2.05, 4.69) is 0 Å². The number of hydrogen-bond donors (Lipinski definition) is 1. The van der Waals surface area contributed by atoms with Crippen LogP contribution in [0.2, 0.25) is 0 Å². The molecule has 0 amide bonds. The average molecular weight is 130 g/mol. The summed E-state index contributed by atoms with van der Waals surface area (Å²) in [6.45, 7) is 4.23. The molecule has 1 rings (SSSR count). The van der Waals surface area contributed by atoms with Crippen LogP contribution in [0.4, 0.5) is 0 Å². The van der Waals surface area contributed by atoms with Crippen molar-refractivity contribution in [3.8, 4) is 0 Å². The number of rotatable bonds is 2. The molecule has 0 radical (unpaired) electrons. The molecule has 9 heavy (non-hydrogen) atoms. The fourth-order valence-corrected chi connectivity index (χ4v) is 0.982. The highest BCUT2D eigenvalue weighted by molar-refractivity contribution is 5.49. The molecule has 1 heterocycles. The molecular formula is C6H12NO2+. The van der Waals surface area contributed by atoms with E-state index in [0.717, 1.165) is 32.6 Å². The molecule has 0 bridgehead atoms. The third kappa shape index (κ3) is 2.11. The molecule has 0 aromatic rings. The molecule has 0 spiro atoms. The van der Waals surface area contributed by atoms with Gasteiger partial charge in [0.2, 0.25) is 0 Å². The van der Waals surface area contributed by atoms with Crippen LogP contribution in [0.3, 0.4) is 0 Å². The zero-order chi connectivity index (χ0) is 6.53. The molecular weight excluding hydrogens is 118 g/mol. The highest BCUT2D eigenvalue weighted by Gasteiger charge is 2.11. The maximum absolute atomic E-state index is 10.0. The molecule has 1 aliphatic rings. The van der Waals surface area contributed by atoms with E-state index in [4.69, 9.17) is 4.74 Å². The van der Waals surface area contributed by atoms with E-state index in [9.17, 15) is 4.79 Å². The molecule has 3 nitrogen and oxygen atoms in total. The molecule has 1 saturated heterocycles. The second kappa shape index (κ2) is 3.58. The Morgan fingerprint density at radius 1 is 1.44 bits per heavy atom. The first-order chi connectivity index (χ1) is 4.43. The molecule has 52 valence electrons. The maximum Gasteiger partial charge on any atom is 0.174 e. The van der Waals surface area contributed by atoms with Gasteiger partial charge in [-0.25, -0.2) is 0 Å². The summed E-state index contributed by atoms with van der Waals surface area (Å²) in [6, 6.07) is 0. The molecule has 0 aromatic heterocycles. The predicted octanol–water partition coefficient (Wildman–Crippen LogP) is -1.90. The van der Waals surface area contributed by atoms with Crippen molar-refractivity contribution in [2.75, 3.05) is 32.8 Å². The summed E-state index contributed by atoms with van der Waals surface area (Å²) in [5, 5.41) is 0. The first kappa shape index (κ1) is 6.71. The Morgan fingerprint density at radius 2 is 2.11 bits per heavy atom. The largest absolute Gasteiger partial charge is 0.370 e. The van der Waals surface area contributed by atoms with Gasteiger partial charge in [-0.1, -0.05) is 0 Å². The minimum atomic E-state index is 0.642. The summed E-state index contributed by atoms with van der Waals surface area (Å²) < 4.78 is 5.11. The van der Waals surface area contributed by atoms with Crippen molar-refractivity contribution in [2.24, 2.45) is 0 Å². The zero-order valence-corrected chi connectivity index (χ0v) is 5.43. The Hall–Kier alpha value is -0.410. The van der Waals surface area contributed by atoms with Gasteiger partial charge in [-0.3, -0.25) is 4.79 Å². The number of aldehydes is 1. The third-order valence-corrected chi connectivity index (χ3v) is 1.57. The lowest BCUT2D eigenvalue weighted by Gasteiger charge is -2.21. The van der Waals surface area contributed by atoms with Gasteiger partial charge in [-0.2, -0.15) is 0 Å². The van der Waals surface area contributed by atoms with Gasteiger partial charge >= 0.3 is 0 Å². The zero-order valence-electron chi connectivity index (χ0n) is 5.43. The summed E-state index contributed by atoms with van der Waals surface area (Å²) in [4.78, 5) is 11.4. The minimum absolute atomic E-state index is 0.642. The molecule has 1 aliphatic heterocycles. The second-order valence-corrected chi connectivity index (χ2v) is 2.23. The molecule has 0 atom stereocenters. The lowest BCUT2D eigenvalue weighted by molar-refractivity contribution is -0.899. The SMILES string of the molecule is O=CC[NH+]1CCOCC1. The summed E-state index contributed by atoms with van der Waals surface area (Å²) in [6.07, 6.45) is 0.973.